The molecular weight excluding hydrogens is 308 g/mol. The number of halogens is 2. The lowest BCUT2D eigenvalue weighted by molar-refractivity contribution is 1.61. The first-order valence-corrected chi connectivity index (χ1v) is 6.77. The Morgan fingerprint density at radius 2 is 1.17 bits per heavy atom. The molecule has 90 valence electrons. The van der Waals surface area contributed by atoms with Gasteiger partial charge in [-0.1, -0.05) is 76.1 Å². The van der Waals surface area contributed by atoms with Crippen molar-refractivity contribution in [2.45, 2.75) is 0 Å². The van der Waals surface area contributed by atoms with Crippen LogP contribution in [0.3, 0.4) is 0 Å². The van der Waals surface area contributed by atoms with Gasteiger partial charge in [-0.25, -0.2) is 0 Å². The Morgan fingerprint density at radius 1 is 0.722 bits per heavy atom. The third kappa shape index (κ3) is 4.17. The van der Waals surface area contributed by atoms with E-state index in [4.69, 9.17) is 11.6 Å². The van der Waals surface area contributed by atoms with Gasteiger partial charge in [-0.05, 0) is 35.4 Å². The van der Waals surface area contributed by atoms with Gasteiger partial charge in [-0.2, -0.15) is 0 Å². The minimum absolute atomic E-state index is 0.762. The van der Waals surface area contributed by atoms with Crippen LogP contribution in [0.15, 0.2) is 65.2 Å². The number of rotatable bonds is 3. The molecule has 0 unspecified atom stereocenters. The highest BCUT2D eigenvalue weighted by Gasteiger charge is 1.87. The summed E-state index contributed by atoms with van der Waals surface area (Å²) in [5, 5.41) is 0.762. The highest BCUT2D eigenvalue weighted by atomic mass is 79.9. The molecule has 0 aliphatic rings. The highest BCUT2D eigenvalue weighted by Crippen LogP contribution is 2.12. The molecule has 0 saturated carbocycles. The average molecular weight is 320 g/mol. The SMILES string of the molecule is Clc1ccc(C=CC=Cc2ccc(Br)cc2)cc1. The predicted octanol–water partition coefficient (Wildman–Crippen LogP) is 5.83. The fourth-order valence-electron chi connectivity index (χ4n) is 1.48. The third-order valence-corrected chi connectivity index (χ3v) is 3.21. The van der Waals surface area contributed by atoms with Crippen molar-refractivity contribution in [3.63, 3.8) is 0 Å². The Morgan fingerprint density at radius 3 is 1.67 bits per heavy atom. The van der Waals surface area contributed by atoms with Gasteiger partial charge in [0.05, 0.1) is 0 Å². The minimum Gasteiger partial charge on any atom is -0.0843 e. The maximum absolute atomic E-state index is 5.82. The van der Waals surface area contributed by atoms with Crippen LogP contribution in [0, 0.1) is 0 Å². The largest absolute Gasteiger partial charge is 0.0843 e. The number of hydrogen-bond acceptors (Lipinski definition) is 0. The molecule has 0 heterocycles. The van der Waals surface area contributed by atoms with Crippen molar-refractivity contribution < 1.29 is 0 Å². The molecule has 2 heteroatoms. The molecule has 2 aromatic carbocycles. The molecule has 18 heavy (non-hydrogen) atoms. The zero-order chi connectivity index (χ0) is 12.8. The minimum atomic E-state index is 0.762. The van der Waals surface area contributed by atoms with Crippen LogP contribution in [0.5, 0.6) is 0 Å². The van der Waals surface area contributed by atoms with Crippen LogP contribution in [-0.4, -0.2) is 0 Å². The molecular formula is C16H12BrCl. The van der Waals surface area contributed by atoms with Crippen LogP contribution >= 0.6 is 27.5 Å². The van der Waals surface area contributed by atoms with E-state index in [0.717, 1.165) is 15.1 Å². The van der Waals surface area contributed by atoms with Gasteiger partial charge < -0.3 is 0 Å². The van der Waals surface area contributed by atoms with Gasteiger partial charge in [0.2, 0.25) is 0 Å². The first kappa shape index (κ1) is 13.1. The van der Waals surface area contributed by atoms with E-state index in [1.807, 2.05) is 54.6 Å². The second-order valence-electron chi connectivity index (χ2n) is 3.82. The summed E-state index contributed by atoms with van der Waals surface area (Å²) in [7, 11) is 0. The van der Waals surface area contributed by atoms with E-state index in [-0.39, 0.29) is 0 Å². The number of hydrogen-bond donors (Lipinski definition) is 0. The second kappa shape index (κ2) is 6.58. The van der Waals surface area contributed by atoms with Crippen molar-refractivity contribution in [2.24, 2.45) is 0 Å². The molecule has 0 spiro atoms. The van der Waals surface area contributed by atoms with Gasteiger partial charge in [0.25, 0.3) is 0 Å². The topological polar surface area (TPSA) is 0 Å². The predicted molar refractivity (Wildman–Crippen MR) is 83.7 cm³/mol. The van der Waals surface area contributed by atoms with Gasteiger partial charge in [-0.3, -0.25) is 0 Å². The third-order valence-electron chi connectivity index (χ3n) is 2.43. The van der Waals surface area contributed by atoms with E-state index in [1.165, 1.54) is 5.56 Å². The first-order chi connectivity index (χ1) is 8.74. The zero-order valence-electron chi connectivity index (χ0n) is 9.68. The smallest absolute Gasteiger partial charge is 0.0406 e. The Balaban J connectivity index is 1.98. The number of benzene rings is 2. The molecule has 0 atom stereocenters. The summed E-state index contributed by atoms with van der Waals surface area (Å²) in [6, 6.07) is 16.0. The van der Waals surface area contributed by atoms with Gasteiger partial charge in [0.15, 0.2) is 0 Å². The van der Waals surface area contributed by atoms with Gasteiger partial charge in [0.1, 0.15) is 0 Å². The van der Waals surface area contributed by atoms with E-state index in [1.54, 1.807) is 0 Å². The van der Waals surface area contributed by atoms with Crippen LogP contribution in [0.2, 0.25) is 5.02 Å². The Bertz CT molecular complexity index is 497. The van der Waals surface area contributed by atoms with E-state index < -0.39 is 0 Å². The van der Waals surface area contributed by atoms with Gasteiger partial charge in [-0.15, -0.1) is 0 Å². The summed E-state index contributed by atoms with van der Waals surface area (Å²) in [6.07, 6.45) is 8.16. The average Bonchev–Trinajstić information content (AvgIpc) is 2.39. The van der Waals surface area contributed by atoms with E-state index in [0.29, 0.717) is 0 Å². The van der Waals surface area contributed by atoms with Crippen LogP contribution in [0.1, 0.15) is 11.1 Å². The van der Waals surface area contributed by atoms with E-state index in [2.05, 4.69) is 34.1 Å². The summed E-state index contributed by atoms with van der Waals surface area (Å²) < 4.78 is 1.09. The van der Waals surface area contributed by atoms with E-state index >= 15 is 0 Å². The summed E-state index contributed by atoms with van der Waals surface area (Å²) >= 11 is 9.24. The standard InChI is InChI=1S/C16H12BrCl/c17-15-9-5-13(6-10-15)3-1-2-4-14-7-11-16(18)12-8-14/h1-12H. The first-order valence-electron chi connectivity index (χ1n) is 5.60. The molecule has 0 bridgehead atoms. The van der Waals surface area contributed by atoms with Crippen molar-refractivity contribution in [1.29, 1.82) is 0 Å². The van der Waals surface area contributed by atoms with Gasteiger partial charge >= 0.3 is 0 Å². The molecule has 0 fully saturated rings. The van der Waals surface area contributed by atoms with Crippen LogP contribution in [0.25, 0.3) is 12.2 Å². The molecule has 0 aliphatic heterocycles. The fraction of sp³-hybridized carbons (Fsp3) is 0. The highest BCUT2D eigenvalue weighted by molar-refractivity contribution is 9.10. The van der Waals surface area contributed by atoms with Crippen molar-refractivity contribution >= 4 is 39.7 Å². The lowest BCUT2D eigenvalue weighted by Crippen LogP contribution is -1.70. The van der Waals surface area contributed by atoms with E-state index in [9.17, 15) is 0 Å². The quantitative estimate of drug-likeness (QED) is 0.624. The lowest BCUT2D eigenvalue weighted by atomic mass is 10.2. The summed E-state index contributed by atoms with van der Waals surface area (Å²) in [5.41, 5.74) is 2.32. The molecule has 0 radical (unpaired) electrons. The Hall–Kier alpha value is -1.31. The summed E-state index contributed by atoms with van der Waals surface area (Å²) in [6.45, 7) is 0. The number of allylic oxidation sites excluding steroid dienone is 2. The normalized spacial score (nSPS) is 11.4. The molecule has 0 amide bonds. The Labute approximate surface area is 121 Å². The fourth-order valence-corrected chi connectivity index (χ4v) is 1.87. The second-order valence-corrected chi connectivity index (χ2v) is 5.17. The van der Waals surface area contributed by atoms with Crippen molar-refractivity contribution in [1.82, 2.24) is 0 Å². The lowest BCUT2D eigenvalue weighted by Gasteiger charge is -1.93. The van der Waals surface area contributed by atoms with Crippen molar-refractivity contribution in [2.75, 3.05) is 0 Å². The monoisotopic (exact) mass is 318 g/mol. The molecule has 0 aromatic heterocycles. The molecule has 0 N–H and O–H groups in total. The maximum atomic E-state index is 5.82. The Kier molecular flexibility index (Phi) is 4.80. The molecule has 0 saturated heterocycles. The summed E-state index contributed by atoms with van der Waals surface area (Å²) in [5.74, 6) is 0. The summed E-state index contributed by atoms with van der Waals surface area (Å²) in [4.78, 5) is 0. The molecule has 2 rings (SSSR count). The molecule has 0 nitrogen and oxygen atoms in total. The maximum Gasteiger partial charge on any atom is 0.0406 e. The van der Waals surface area contributed by atoms with Crippen LogP contribution in [0.4, 0.5) is 0 Å². The van der Waals surface area contributed by atoms with Crippen molar-refractivity contribution in [3.05, 3.63) is 81.3 Å². The molecule has 0 aliphatic carbocycles. The molecule has 2 aromatic rings. The zero-order valence-corrected chi connectivity index (χ0v) is 12.0. The van der Waals surface area contributed by atoms with Crippen LogP contribution < -0.4 is 0 Å². The van der Waals surface area contributed by atoms with Crippen LogP contribution in [-0.2, 0) is 0 Å². The van der Waals surface area contributed by atoms with Crippen molar-refractivity contribution in [3.8, 4) is 0 Å². The van der Waals surface area contributed by atoms with Gasteiger partial charge in [0, 0.05) is 9.50 Å².